The fourth-order valence-electron chi connectivity index (χ4n) is 2.11. The molecule has 148 valence electrons. The number of aromatic nitrogens is 2. The lowest BCUT2D eigenvalue weighted by Gasteiger charge is -2.18. The third-order valence-corrected chi connectivity index (χ3v) is 5.25. The van der Waals surface area contributed by atoms with Gasteiger partial charge in [0.15, 0.2) is 6.23 Å². The molecular formula is C9H14N2O13P2. The lowest BCUT2D eigenvalue weighted by Crippen LogP contribution is -2.38. The maximum atomic E-state index is 11.9. The lowest BCUT2D eigenvalue weighted by molar-refractivity contribution is -0.0552. The molecule has 2 rings (SSSR count). The zero-order chi connectivity index (χ0) is 19.9. The van der Waals surface area contributed by atoms with Crippen LogP contribution in [0.25, 0.3) is 0 Å². The number of hydrogen-bond donors (Lipinski definition) is 7. The van der Waals surface area contributed by atoms with Crippen LogP contribution in [0.4, 0.5) is 0 Å². The molecular weight excluding hydrogens is 406 g/mol. The largest absolute Gasteiger partial charge is 0.536 e. The molecule has 26 heavy (non-hydrogen) atoms. The van der Waals surface area contributed by atoms with Gasteiger partial charge in [0.2, 0.25) is 5.75 Å². The molecule has 0 bridgehead atoms. The van der Waals surface area contributed by atoms with Crippen molar-refractivity contribution >= 4 is 15.6 Å². The van der Waals surface area contributed by atoms with E-state index in [0.29, 0.717) is 10.8 Å². The number of aliphatic hydroxyl groups excluding tert-OH is 3. The average molecular weight is 420 g/mol. The van der Waals surface area contributed by atoms with Crippen molar-refractivity contribution in [3.8, 4) is 5.75 Å². The predicted octanol–water partition coefficient (Wildman–Crippen LogP) is -3.26. The van der Waals surface area contributed by atoms with Gasteiger partial charge in [-0.05, 0) is 0 Å². The summed E-state index contributed by atoms with van der Waals surface area (Å²) in [6.07, 6.45) is -5.70. The maximum absolute atomic E-state index is 11.9. The summed E-state index contributed by atoms with van der Waals surface area (Å²) in [5.41, 5.74) is -2.54. The fraction of sp³-hybridized carbons (Fsp3) is 0.556. The van der Waals surface area contributed by atoms with E-state index in [2.05, 4.69) is 8.83 Å². The van der Waals surface area contributed by atoms with Crippen molar-refractivity contribution in [2.24, 2.45) is 0 Å². The standard InChI is InChI=1S/C9H14N2O13P2/c12-2-4-5(13)6(14)8(22-4)11-1-3(7(15)10-9(11)16)23-26(20,21)24-25(17,18)19/h1,4-6,8,12-14H,2H2,(H,20,21)(H,10,15,16)(H2,17,18,19)/t4-,5-,6-,8-/m1/s1. The van der Waals surface area contributed by atoms with Gasteiger partial charge in [-0.1, -0.05) is 0 Å². The summed E-state index contributed by atoms with van der Waals surface area (Å²) in [4.78, 5) is 51.4. The van der Waals surface area contributed by atoms with Crippen molar-refractivity contribution in [3.63, 3.8) is 0 Å². The summed E-state index contributed by atoms with van der Waals surface area (Å²) >= 11 is 0. The minimum atomic E-state index is -5.47. The Kier molecular flexibility index (Phi) is 5.90. The molecule has 0 amide bonds. The van der Waals surface area contributed by atoms with E-state index in [0.717, 1.165) is 0 Å². The summed E-state index contributed by atoms with van der Waals surface area (Å²) in [7, 11) is -10.9. The number of phosphoric acid groups is 2. The van der Waals surface area contributed by atoms with Gasteiger partial charge >= 0.3 is 21.3 Å². The molecule has 0 radical (unpaired) electrons. The molecule has 0 spiro atoms. The van der Waals surface area contributed by atoms with Gasteiger partial charge in [-0.25, -0.2) is 13.9 Å². The zero-order valence-electron chi connectivity index (χ0n) is 12.5. The number of nitrogens with zero attached hydrogens (tertiary/aromatic N) is 1. The SMILES string of the molecule is O=c1[nH]c(=O)n([C@@H]2O[C@H](CO)[C@@H](O)[C@H]2O)cc1OP(=O)(O)OP(=O)(O)O. The Morgan fingerprint density at radius 2 is 1.81 bits per heavy atom. The summed E-state index contributed by atoms with van der Waals surface area (Å²) in [6, 6.07) is 0. The number of hydrogen-bond acceptors (Lipinski definition) is 10. The van der Waals surface area contributed by atoms with Crippen LogP contribution in [-0.2, 0) is 18.2 Å². The van der Waals surface area contributed by atoms with Gasteiger partial charge in [0.25, 0.3) is 5.56 Å². The Hall–Kier alpha value is -1.38. The molecule has 1 fully saturated rings. The van der Waals surface area contributed by atoms with Crippen molar-refractivity contribution in [2.45, 2.75) is 24.5 Å². The summed E-state index contributed by atoms with van der Waals surface area (Å²) in [6.45, 7) is -0.710. The number of aliphatic hydroxyl groups is 3. The van der Waals surface area contributed by atoms with E-state index in [-0.39, 0.29) is 0 Å². The second-order valence-corrected chi connectivity index (χ2v) is 7.77. The van der Waals surface area contributed by atoms with Crippen molar-refractivity contribution in [2.75, 3.05) is 6.61 Å². The molecule has 0 aliphatic carbocycles. The first kappa shape index (κ1) is 20.9. The maximum Gasteiger partial charge on any atom is 0.536 e. The highest BCUT2D eigenvalue weighted by atomic mass is 31.3. The van der Waals surface area contributed by atoms with Crippen LogP contribution in [0, 0.1) is 0 Å². The number of aromatic amines is 1. The van der Waals surface area contributed by atoms with Crippen molar-refractivity contribution in [3.05, 3.63) is 27.0 Å². The topological polar surface area (TPSA) is 238 Å². The Morgan fingerprint density at radius 3 is 2.31 bits per heavy atom. The minimum absolute atomic E-state index is 0.470. The molecule has 1 aliphatic heterocycles. The van der Waals surface area contributed by atoms with Gasteiger partial charge in [0.05, 0.1) is 12.8 Å². The van der Waals surface area contributed by atoms with Crippen molar-refractivity contribution in [1.82, 2.24) is 9.55 Å². The molecule has 1 aromatic heterocycles. The highest BCUT2D eigenvalue weighted by Gasteiger charge is 2.44. The molecule has 0 aromatic carbocycles. The number of H-pyrrole nitrogens is 1. The molecule has 1 saturated heterocycles. The van der Waals surface area contributed by atoms with Crippen LogP contribution in [0.1, 0.15) is 6.23 Å². The molecule has 2 heterocycles. The molecule has 0 saturated carbocycles. The number of rotatable bonds is 6. The van der Waals surface area contributed by atoms with Crippen LogP contribution < -0.4 is 15.8 Å². The van der Waals surface area contributed by atoms with Crippen LogP contribution >= 0.6 is 15.6 Å². The molecule has 1 unspecified atom stereocenters. The molecule has 1 aliphatic rings. The van der Waals surface area contributed by atoms with E-state index in [1.165, 1.54) is 0 Å². The first-order chi connectivity index (χ1) is 11.8. The van der Waals surface area contributed by atoms with E-state index < -0.39 is 63.8 Å². The quantitative estimate of drug-likeness (QED) is 0.224. The Morgan fingerprint density at radius 1 is 1.19 bits per heavy atom. The number of nitrogens with one attached hydrogen (secondary N) is 1. The molecule has 1 aromatic rings. The summed E-state index contributed by atoms with van der Waals surface area (Å²) < 4.78 is 35.4. The van der Waals surface area contributed by atoms with E-state index in [4.69, 9.17) is 19.6 Å². The Labute approximate surface area is 142 Å². The van der Waals surface area contributed by atoms with Crippen molar-refractivity contribution < 1.29 is 52.7 Å². The normalized spacial score (nSPS) is 28.7. The first-order valence-electron chi connectivity index (χ1n) is 6.62. The van der Waals surface area contributed by atoms with Crippen LogP contribution in [0.3, 0.4) is 0 Å². The third-order valence-electron chi connectivity index (χ3n) is 3.15. The van der Waals surface area contributed by atoms with Gasteiger partial charge in [0.1, 0.15) is 18.3 Å². The second kappa shape index (κ2) is 7.32. The minimum Gasteiger partial charge on any atom is -0.396 e. The van der Waals surface area contributed by atoms with Gasteiger partial charge in [-0.15, -0.1) is 0 Å². The van der Waals surface area contributed by atoms with E-state index in [1.807, 2.05) is 0 Å². The number of ether oxygens (including phenoxy) is 1. The van der Waals surface area contributed by atoms with E-state index in [9.17, 15) is 33.8 Å². The number of phosphoric ester groups is 1. The van der Waals surface area contributed by atoms with Gasteiger partial charge in [-0.2, -0.15) is 4.31 Å². The molecule has 15 nitrogen and oxygen atoms in total. The van der Waals surface area contributed by atoms with Crippen LogP contribution in [-0.4, -0.2) is 64.5 Å². The smallest absolute Gasteiger partial charge is 0.396 e. The molecule has 7 N–H and O–H groups in total. The van der Waals surface area contributed by atoms with Gasteiger partial charge in [-0.3, -0.25) is 19.2 Å². The van der Waals surface area contributed by atoms with E-state index in [1.54, 1.807) is 4.98 Å². The Bertz CT molecular complexity index is 873. The summed E-state index contributed by atoms with van der Waals surface area (Å²) in [5, 5.41) is 28.6. The van der Waals surface area contributed by atoms with Crippen LogP contribution in [0.5, 0.6) is 5.75 Å². The van der Waals surface area contributed by atoms with Gasteiger partial charge < -0.3 is 34.4 Å². The van der Waals surface area contributed by atoms with E-state index >= 15 is 0 Å². The highest BCUT2D eigenvalue weighted by Crippen LogP contribution is 2.56. The zero-order valence-corrected chi connectivity index (χ0v) is 14.3. The second-order valence-electron chi connectivity index (χ2n) is 5.02. The highest BCUT2D eigenvalue weighted by molar-refractivity contribution is 7.60. The molecule has 17 heteroatoms. The molecule has 5 atom stereocenters. The van der Waals surface area contributed by atoms with Crippen molar-refractivity contribution in [1.29, 1.82) is 0 Å². The lowest BCUT2D eigenvalue weighted by atomic mass is 10.1. The van der Waals surface area contributed by atoms with Crippen LogP contribution in [0.2, 0.25) is 0 Å². The van der Waals surface area contributed by atoms with Crippen LogP contribution in [0.15, 0.2) is 15.8 Å². The first-order valence-corrected chi connectivity index (χ1v) is 9.64. The monoisotopic (exact) mass is 420 g/mol. The summed E-state index contributed by atoms with van der Waals surface area (Å²) in [5.74, 6) is -1.08. The van der Waals surface area contributed by atoms with Gasteiger partial charge in [0, 0.05) is 0 Å². The Balaban J connectivity index is 2.39. The fourth-order valence-corrected chi connectivity index (χ4v) is 3.69. The average Bonchev–Trinajstić information content (AvgIpc) is 2.75. The predicted molar refractivity (Wildman–Crippen MR) is 77.9 cm³/mol. The third kappa shape index (κ3) is 4.66.